The minimum atomic E-state index is -0.489. The molecule has 1 N–H and O–H groups in total. The Balaban J connectivity index is 1.96. The van der Waals surface area contributed by atoms with Gasteiger partial charge in [-0.1, -0.05) is 50.1 Å². The van der Waals surface area contributed by atoms with Crippen molar-refractivity contribution < 1.29 is 9.84 Å². The van der Waals surface area contributed by atoms with Crippen molar-refractivity contribution in [2.75, 3.05) is 0 Å². The number of aliphatic hydroxyl groups excluding tert-OH is 1. The van der Waals surface area contributed by atoms with E-state index in [4.69, 9.17) is 4.74 Å². The summed E-state index contributed by atoms with van der Waals surface area (Å²) in [6, 6.07) is 11.9. The molecule has 3 rings (SSSR count). The molecule has 0 aromatic heterocycles. The van der Waals surface area contributed by atoms with Crippen LogP contribution in [-0.4, -0.2) is 5.11 Å². The molecule has 0 aliphatic carbocycles. The molecule has 0 radical (unpaired) electrons. The van der Waals surface area contributed by atoms with E-state index < -0.39 is 6.10 Å². The van der Waals surface area contributed by atoms with Crippen LogP contribution in [0.2, 0.25) is 0 Å². The maximum Gasteiger partial charge on any atom is 0.127 e. The fraction of sp³-hybridized carbons (Fsp3) is 0.250. The molecule has 2 nitrogen and oxygen atoms in total. The normalized spacial score (nSPS) is 21.2. The van der Waals surface area contributed by atoms with Gasteiger partial charge in [0.25, 0.3) is 0 Å². The van der Waals surface area contributed by atoms with E-state index in [1.807, 2.05) is 18.2 Å². The minimum Gasteiger partial charge on any atom is -0.485 e. The van der Waals surface area contributed by atoms with Crippen LogP contribution < -0.4 is 4.74 Å². The first-order valence-electron chi connectivity index (χ1n) is 6.45. The molecule has 0 spiro atoms. The molecule has 2 atom stereocenters. The zero-order valence-corrected chi connectivity index (χ0v) is 14.1. The van der Waals surface area contributed by atoms with Crippen LogP contribution in [-0.2, 0) is 0 Å². The molecule has 2 aromatic rings. The maximum absolute atomic E-state index is 10.3. The summed E-state index contributed by atoms with van der Waals surface area (Å²) < 4.78 is 8.07. The van der Waals surface area contributed by atoms with Gasteiger partial charge in [0.2, 0.25) is 0 Å². The summed E-state index contributed by atoms with van der Waals surface area (Å²) in [5, 5.41) is 10.3. The van der Waals surface area contributed by atoms with Gasteiger partial charge in [-0.15, -0.1) is 0 Å². The number of rotatable bonds is 1. The van der Waals surface area contributed by atoms with Crippen LogP contribution in [0.25, 0.3) is 0 Å². The Morgan fingerprint density at radius 2 is 1.95 bits per heavy atom. The molecule has 4 heteroatoms. The molecule has 0 bridgehead atoms. The highest BCUT2D eigenvalue weighted by atomic mass is 79.9. The molecule has 1 heterocycles. The molecule has 1 unspecified atom stereocenters. The summed E-state index contributed by atoms with van der Waals surface area (Å²) in [6.07, 6.45) is -0.0370. The van der Waals surface area contributed by atoms with Crippen molar-refractivity contribution in [2.45, 2.75) is 25.6 Å². The van der Waals surface area contributed by atoms with Crippen LogP contribution in [0.3, 0.4) is 0 Å². The second-order valence-corrected chi connectivity index (χ2v) is 6.82. The summed E-state index contributed by atoms with van der Waals surface area (Å²) >= 11 is 6.98. The molecule has 104 valence electrons. The number of aliphatic hydroxyl groups is 1. The molecule has 0 amide bonds. The molecule has 1 aliphatic rings. The van der Waals surface area contributed by atoms with Crippen molar-refractivity contribution in [1.29, 1.82) is 0 Å². The Kier molecular flexibility index (Phi) is 3.89. The average Bonchev–Trinajstić information content (AvgIpc) is 2.41. The van der Waals surface area contributed by atoms with Crippen molar-refractivity contribution in [3.05, 3.63) is 62.0 Å². The maximum atomic E-state index is 10.3. The lowest BCUT2D eigenvalue weighted by atomic mass is 9.95. The van der Waals surface area contributed by atoms with Crippen molar-refractivity contribution >= 4 is 31.9 Å². The van der Waals surface area contributed by atoms with E-state index in [-0.39, 0.29) is 6.10 Å². The van der Waals surface area contributed by atoms with Gasteiger partial charge in [-0.2, -0.15) is 0 Å². The lowest BCUT2D eigenvalue weighted by Crippen LogP contribution is -2.19. The third-order valence-corrected chi connectivity index (χ3v) is 4.96. The molecule has 2 aromatic carbocycles. The van der Waals surface area contributed by atoms with Crippen LogP contribution in [0.4, 0.5) is 0 Å². The highest BCUT2D eigenvalue weighted by Crippen LogP contribution is 2.42. The summed E-state index contributed by atoms with van der Waals surface area (Å²) in [7, 11) is 0. The largest absolute Gasteiger partial charge is 0.485 e. The number of hydrogen-bond donors (Lipinski definition) is 1. The molecule has 0 fully saturated rings. The molecular weight excluding hydrogens is 384 g/mol. The third-order valence-electron chi connectivity index (χ3n) is 3.61. The van der Waals surface area contributed by atoms with Gasteiger partial charge in [0.1, 0.15) is 11.9 Å². The van der Waals surface area contributed by atoms with Crippen molar-refractivity contribution in [2.24, 2.45) is 0 Å². The Morgan fingerprint density at radius 3 is 2.70 bits per heavy atom. The summed E-state index contributed by atoms with van der Waals surface area (Å²) in [5.41, 5.74) is 3.12. The van der Waals surface area contributed by atoms with Gasteiger partial charge in [0.15, 0.2) is 0 Å². The molecular formula is C16H14Br2O2. The minimum absolute atomic E-state index is 0.122. The predicted octanol–water partition coefficient (Wildman–Crippen LogP) is 5.08. The number of fused-ring (bicyclic) bond motifs is 1. The Hall–Kier alpha value is -0.840. The fourth-order valence-corrected chi connectivity index (χ4v) is 3.17. The van der Waals surface area contributed by atoms with Crippen LogP contribution in [0, 0.1) is 6.92 Å². The standard InChI is InChI=1S/C16H14Br2O2/c1-9-2-3-10(6-13(9)18)15-8-14(19)12-5-4-11(17)7-16(12)20-15/h2-7,14-15,19H,8H2,1H3/t14-,15?/m0/s1. The smallest absolute Gasteiger partial charge is 0.127 e. The average molecular weight is 398 g/mol. The number of aryl methyl sites for hydroxylation is 1. The highest BCUT2D eigenvalue weighted by molar-refractivity contribution is 9.10. The van der Waals surface area contributed by atoms with E-state index in [1.54, 1.807) is 0 Å². The quantitative estimate of drug-likeness (QED) is 0.727. The van der Waals surface area contributed by atoms with Crippen LogP contribution in [0.15, 0.2) is 45.3 Å². The lowest BCUT2D eigenvalue weighted by Gasteiger charge is -2.30. The van der Waals surface area contributed by atoms with Crippen LogP contribution >= 0.6 is 31.9 Å². The Morgan fingerprint density at radius 1 is 1.15 bits per heavy atom. The van der Waals surface area contributed by atoms with Crippen molar-refractivity contribution in [3.8, 4) is 5.75 Å². The van der Waals surface area contributed by atoms with Gasteiger partial charge in [-0.05, 0) is 36.2 Å². The SMILES string of the molecule is Cc1ccc(C2C[C@H](O)c3ccc(Br)cc3O2)cc1Br. The Labute approximate surface area is 135 Å². The molecule has 0 saturated carbocycles. The predicted molar refractivity (Wildman–Crippen MR) is 86.0 cm³/mol. The van der Waals surface area contributed by atoms with Crippen LogP contribution in [0.1, 0.15) is 35.3 Å². The van der Waals surface area contributed by atoms with Crippen molar-refractivity contribution in [1.82, 2.24) is 0 Å². The number of halogens is 2. The van der Waals surface area contributed by atoms with Gasteiger partial charge in [0, 0.05) is 20.9 Å². The first kappa shape index (κ1) is 14.1. The molecule has 1 aliphatic heterocycles. The van der Waals surface area contributed by atoms with E-state index in [0.29, 0.717) is 6.42 Å². The van der Waals surface area contributed by atoms with E-state index in [9.17, 15) is 5.11 Å². The molecule has 0 saturated heterocycles. The van der Waals surface area contributed by atoms with Gasteiger partial charge in [0.05, 0.1) is 6.10 Å². The number of hydrogen-bond acceptors (Lipinski definition) is 2. The highest BCUT2D eigenvalue weighted by Gasteiger charge is 2.28. The lowest BCUT2D eigenvalue weighted by molar-refractivity contribution is 0.0656. The molecule has 20 heavy (non-hydrogen) atoms. The first-order valence-corrected chi connectivity index (χ1v) is 8.03. The zero-order chi connectivity index (χ0) is 14.3. The number of ether oxygens (including phenoxy) is 1. The topological polar surface area (TPSA) is 29.5 Å². The van der Waals surface area contributed by atoms with E-state index in [1.165, 1.54) is 5.56 Å². The van der Waals surface area contributed by atoms with Gasteiger partial charge < -0.3 is 9.84 Å². The van der Waals surface area contributed by atoms with Crippen LogP contribution in [0.5, 0.6) is 5.75 Å². The van der Waals surface area contributed by atoms with Gasteiger partial charge >= 0.3 is 0 Å². The van der Waals surface area contributed by atoms with Crippen molar-refractivity contribution in [3.63, 3.8) is 0 Å². The van der Waals surface area contributed by atoms with E-state index in [0.717, 1.165) is 25.8 Å². The van der Waals surface area contributed by atoms with E-state index >= 15 is 0 Å². The monoisotopic (exact) mass is 396 g/mol. The van der Waals surface area contributed by atoms with Gasteiger partial charge in [-0.25, -0.2) is 0 Å². The van der Waals surface area contributed by atoms with Gasteiger partial charge in [-0.3, -0.25) is 0 Å². The van der Waals surface area contributed by atoms with E-state index in [2.05, 4.69) is 57.0 Å². The Bertz CT molecular complexity index is 655. The summed E-state index contributed by atoms with van der Waals surface area (Å²) in [4.78, 5) is 0. The number of benzene rings is 2. The third kappa shape index (κ3) is 2.65. The first-order chi connectivity index (χ1) is 9.54. The second kappa shape index (κ2) is 5.51. The fourth-order valence-electron chi connectivity index (χ4n) is 2.43. The second-order valence-electron chi connectivity index (χ2n) is 5.05. The summed E-state index contributed by atoms with van der Waals surface area (Å²) in [5.74, 6) is 0.750. The zero-order valence-electron chi connectivity index (χ0n) is 10.9. The summed E-state index contributed by atoms with van der Waals surface area (Å²) in [6.45, 7) is 2.05.